The zero-order valence-electron chi connectivity index (χ0n) is 12.8. The van der Waals surface area contributed by atoms with Gasteiger partial charge in [0, 0.05) is 24.8 Å². The Kier molecular flexibility index (Phi) is 4.20. The van der Waals surface area contributed by atoms with E-state index in [0.29, 0.717) is 19.4 Å². The Bertz CT molecular complexity index is 570. The Morgan fingerprint density at radius 2 is 2.10 bits per heavy atom. The van der Waals surface area contributed by atoms with E-state index in [4.69, 9.17) is 10.9 Å². The van der Waals surface area contributed by atoms with Crippen LogP contribution in [0.4, 0.5) is 0 Å². The predicted molar refractivity (Wildman–Crippen MR) is 78.8 cm³/mol. The number of rotatable bonds is 4. The molecule has 0 unspecified atom stereocenters. The summed E-state index contributed by atoms with van der Waals surface area (Å²) in [5, 5.41) is 19.3. The summed E-state index contributed by atoms with van der Waals surface area (Å²) >= 11 is 0. The molecule has 0 bridgehead atoms. The predicted octanol–water partition coefficient (Wildman–Crippen LogP) is 0.960. The van der Waals surface area contributed by atoms with E-state index in [9.17, 15) is 4.79 Å². The number of hydrogen-bond donors (Lipinski definition) is 3. The molecule has 0 spiro atoms. The zero-order chi connectivity index (χ0) is 15.6. The molecule has 7 nitrogen and oxygen atoms in total. The standard InChI is InChI=1S/C14H23N5O2/c1-9-11(10(2)19(3)17-9)8-16-13(20)14(12(15)18-21)6-4-5-7-14/h21H,4-8H2,1-3H3,(H2,15,18)(H,16,20). The lowest BCUT2D eigenvalue weighted by Gasteiger charge is -2.26. The summed E-state index contributed by atoms with van der Waals surface area (Å²) in [5.41, 5.74) is 7.85. The number of hydrogen-bond acceptors (Lipinski definition) is 4. The SMILES string of the molecule is Cc1nn(C)c(C)c1CNC(=O)C1(C(N)=NO)CCCC1. The minimum absolute atomic E-state index is 0.0112. The van der Waals surface area contributed by atoms with Crippen LogP contribution in [-0.4, -0.2) is 26.7 Å². The Morgan fingerprint density at radius 1 is 1.48 bits per heavy atom. The Labute approximate surface area is 124 Å². The summed E-state index contributed by atoms with van der Waals surface area (Å²) in [5.74, 6) is -0.157. The Hall–Kier alpha value is -2.05. The normalized spacial score (nSPS) is 18.0. The fourth-order valence-corrected chi connectivity index (χ4v) is 3.08. The van der Waals surface area contributed by atoms with Crippen LogP contribution in [0.25, 0.3) is 0 Å². The number of oxime groups is 1. The smallest absolute Gasteiger partial charge is 0.234 e. The molecule has 0 saturated heterocycles. The first-order valence-corrected chi connectivity index (χ1v) is 7.18. The van der Waals surface area contributed by atoms with Gasteiger partial charge in [0.1, 0.15) is 5.41 Å². The highest BCUT2D eigenvalue weighted by atomic mass is 16.4. The molecular formula is C14H23N5O2. The molecule has 1 aromatic heterocycles. The van der Waals surface area contributed by atoms with Crippen LogP contribution in [0.5, 0.6) is 0 Å². The van der Waals surface area contributed by atoms with E-state index in [-0.39, 0.29) is 11.7 Å². The molecular weight excluding hydrogens is 270 g/mol. The van der Waals surface area contributed by atoms with Crippen molar-refractivity contribution >= 4 is 11.7 Å². The maximum absolute atomic E-state index is 12.6. The van der Waals surface area contributed by atoms with E-state index >= 15 is 0 Å². The molecule has 1 heterocycles. The summed E-state index contributed by atoms with van der Waals surface area (Å²) in [6.45, 7) is 4.30. The highest BCUT2D eigenvalue weighted by Crippen LogP contribution is 2.38. The Balaban J connectivity index is 2.14. The molecule has 1 amide bonds. The first-order valence-electron chi connectivity index (χ1n) is 7.18. The van der Waals surface area contributed by atoms with Crippen LogP contribution in [0.15, 0.2) is 5.16 Å². The second-order valence-corrected chi connectivity index (χ2v) is 5.73. The fraction of sp³-hybridized carbons (Fsp3) is 0.643. The molecule has 1 saturated carbocycles. The Morgan fingerprint density at radius 3 is 2.57 bits per heavy atom. The molecule has 2 rings (SSSR count). The van der Waals surface area contributed by atoms with Crippen LogP contribution in [-0.2, 0) is 18.4 Å². The molecule has 0 aliphatic heterocycles. The van der Waals surface area contributed by atoms with E-state index in [1.54, 1.807) is 4.68 Å². The van der Waals surface area contributed by atoms with Crippen molar-refractivity contribution in [3.8, 4) is 0 Å². The van der Waals surface area contributed by atoms with Gasteiger partial charge in [-0.1, -0.05) is 18.0 Å². The van der Waals surface area contributed by atoms with Crippen molar-refractivity contribution in [3.05, 3.63) is 17.0 Å². The average molecular weight is 293 g/mol. The van der Waals surface area contributed by atoms with E-state index in [1.807, 2.05) is 20.9 Å². The van der Waals surface area contributed by atoms with E-state index < -0.39 is 5.41 Å². The number of nitrogens with zero attached hydrogens (tertiary/aromatic N) is 3. The van der Waals surface area contributed by atoms with Gasteiger partial charge < -0.3 is 16.3 Å². The lowest BCUT2D eigenvalue weighted by Crippen LogP contribution is -2.48. The lowest BCUT2D eigenvalue weighted by molar-refractivity contribution is -0.127. The molecule has 0 aromatic carbocycles. The van der Waals surface area contributed by atoms with Crippen LogP contribution >= 0.6 is 0 Å². The van der Waals surface area contributed by atoms with Gasteiger partial charge in [0.05, 0.1) is 5.69 Å². The number of nitrogens with two attached hydrogens (primary N) is 1. The molecule has 116 valence electrons. The third-order valence-corrected chi connectivity index (χ3v) is 4.57. The summed E-state index contributed by atoms with van der Waals surface area (Å²) in [6, 6.07) is 0. The van der Waals surface area contributed by atoms with Crippen molar-refractivity contribution < 1.29 is 10.0 Å². The number of carbonyl (C=O) groups excluding carboxylic acids is 1. The summed E-state index contributed by atoms with van der Waals surface area (Å²) in [4.78, 5) is 12.6. The second-order valence-electron chi connectivity index (χ2n) is 5.73. The first-order chi connectivity index (χ1) is 9.92. The van der Waals surface area contributed by atoms with Crippen molar-refractivity contribution in [2.45, 2.75) is 46.1 Å². The molecule has 4 N–H and O–H groups in total. The van der Waals surface area contributed by atoms with E-state index in [1.165, 1.54) is 0 Å². The third kappa shape index (κ3) is 2.59. The van der Waals surface area contributed by atoms with E-state index in [2.05, 4.69) is 15.6 Å². The fourth-order valence-electron chi connectivity index (χ4n) is 3.08. The molecule has 1 aliphatic rings. The van der Waals surface area contributed by atoms with Crippen LogP contribution in [0.1, 0.15) is 42.6 Å². The lowest BCUT2D eigenvalue weighted by atomic mass is 9.83. The highest BCUT2D eigenvalue weighted by molar-refractivity contribution is 6.07. The number of amides is 1. The number of amidine groups is 1. The van der Waals surface area contributed by atoms with Crippen molar-refractivity contribution in [3.63, 3.8) is 0 Å². The van der Waals surface area contributed by atoms with E-state index in [0.717, 1.165) is 29.8 Å². The molecule has 21 heavy (non-hydrogen) atoms. The largest absolute Gasteiger partial charge is 0.409 e. The summed E-state index contributed by atoms with van der Waals surface area (Å²) < 4.78 is 1.80. The van der Waals surface area contributed by atoms with Gasteiger partial charge in [-0.3, -0.25) is 9.48 Å². The van der Waals surface area contributed by atoms with Crippen molar-refractivity contribution in [1.29, 1.82) is 0 Å². The molecule has 1 aliphatic carbocycles. The minimum Gasteiger partial charge on any atom is -0.409 e. The molecule has 1 fully saturated rings. The molecule has 1 aromatic rings. The summed E-state index contributed by atoms with van der Waals surface area (Å²) in [6.07, 6.45) is 3.07. The van der Waals surface area contributed by atoms with Crippen molar-refractivity contribution in [1.82, 2.24) is 15.1 Å². The van der Waals surface area contributed by atoms with Gasteiger partial charge in [-0.25, -0.2) is 0 Å². The van der Waals surface area contributed by atoms with Crippen LogP contribution < -0.4 is 11.1 Å². The number of carbonyl (C=O) groups is 1. The minimum atomic E-state index is -0.862. The molecule has 0 atom stereocenters. The quantitative estimate of drug-likeness (QED) is 0.333. The third-order valence-electron chi connectivity index (χ3n) is 4.57. The van der Waals surface area contributed by atoms with Gasteiger partial charge in [-0.15, -0.1) is 0 Å². The van der Waals surface area contributed by atoms with Gasteiger partial charge in [-0.05, 0) is 26.7 Å². The van der Waals surface area contributed by atoms with Crippen LogP contribution in [0.2, 0.25) is 0 Å². The van der Waals surface area contributed by atoms with Crippen molar-refractivity contribution in [2.75, 3.05) is 0 Å². The van der Waals surface area contributed by atoms with Crippen LogP contribution in [0.3, 0.4) is 0 Å². The average Bonchev–Trinajstić information content (AvgIpc) is 3.04. The number of nitrogens with one attached hydrogen (secondary N) is 1. The highest BCUT2D eigenvalue weighted by Gasteiger charge is 2.45. The van der Waals surface area contributed by atoms with Crippen LogP contribution in [0, 0.1) is 19.3 Å². The molecule has 7 heteroatoms. The molecule has 0 radical (unpaired) electrons. The second kappa shape index (κ2) is 5.75. The maximum atomic E-state index is 12.6. The van der Waals surface area contributed by atoms with Gasteiger partial charge in [-0.2, -0.15) is 5.10 Å². The summed E-state index contributed by atoms with van der Waals surface area (Å²) in [7, 11) is 1.88. The van der Waals surface area contributed by atoms with Gasteiger partial charge in [0.15, 0.2) is 5.84 Å². The topological polar surface area (TPSA) is 106 Å². The first kappa shape index (κ1) is 15.3. The number of aryl methyl sites for hydroxylation is 2. The maximum Gasteiger partial charge on any atom is 0.234 e. The monoisotopic (exact) mass is 293 g/mol. The number of aromatic nitrogens is 2. The zero-order valence-corrected chi connectivity index (χ0v) is 12.8. The van der Waals surface area contributed by atoms with Gasteiger partial charge in [0.2, 0.25) is 5.91 Å². The van der Waals surface area contributed by atoms with Crippen molar-refractivity contribution in [2.24, 2.45) is 23.4 Å². The van der Waals surface area contributed by atoms with Gasteiger partial charge in [0.25, 0.3) is 0 Å². The van der Waals surface area contributed by atoms with Gasteiger partial charge >= 0.3 is 0 Å².